The van der Waals surface area contributed by atoms with Gasteiger partial charge in [-0.25, -0.2) is 4.79 Å². The first-order valence-corrected chi connectivity index (χ1v) is 8.42. The van der Waals surface area contributed by atoms with Gasteiger partial charge in [0.25, 0.3) is 0 Å². The van der Waals surface area contributed by atoms with Crippen molar-refractivity contribution in [1.29, 1.82) is 0 Å². The number of hydrogen-bond acceptors (Lipinski definition) is 4. The van der Waals surface area contributed by atoms with Crippen LogP contribution in [0.1, 0.15) is 23.7 Å². The number of aliphatic hydroxyl groups excluding tert-OH is 2. The predicted molar refractivity (Wildman–Crippen MR) is 94.4 cm³/mol. The van der Waals surface area contributed by atoms with Crippen molar-refractivity contribution in [2.45, 2.75) is 25.2 Å². The monoisotopic (exact) mass is 393 g/mol. The van der Waals surface area contributed by atoms with Crippen LogP contribution < -0.4 is 5.32 Å². The van der Waals surface area contributed by atoms with Gasteiger partial charge in [0.15, 0.2) is 0 Å². The highest BCUT2D eigenvalue weighted by Crippen LogP contribution is 2.26. The Kier molecular flexibility index (Phi) is 7.24. The summed E-state index contributed by atoms with van der Waals surface area (Å²) in [6.45, 7) is 0.394. The topological polar surface area (TPSA) is 78.8 Å². The molecule has 2 rings (SSSR count). The highest BCUT2D eigenvalue weighted by molar-refractivity contribution is 9.10. The number of benzene rings is 2. The van der Waals surface area contributed by atoms with Crippen LogP contribution in [0.25, 0.3) is 0 Å². The molecule has 2 aromatic carbocycles. The minimum Gasteiger partial charge on any atom is -0.445 e. The molecule has 6 heteroatoms. The Morgan fingerprint density at radius 3 is 2.46 bits per heavy atom. The van der Waals surface area contributed by atoms with E-state index >= 15 is 0 Å². The first-order valence-electron chi connectivity index (χ1n) is 7.63. The highest BCUT2D eigenvalue weighted by atomic mass is 79.9. The molecule has 24 heavy (non-hydrogen) atoms. The van der Waals surface area contributed by atoms with E-state index in [0.717, 1.165) is 10.0 Å². The van der Waals surface area contributed by atoms with Crippen LogP contribution in [0.15, 0.2) is 59.1 Å². The summed E-state index contributed by atoms with van der Waals surface area (Å²) >= 11 is 3.34. The molecule has 0 aliphatic rings. The molecule has 2 atom stereocenters. The average Bonchev–Trinajstić information content (AvgIpc) is 2.60. The zero-order valence-electron chi connectivity index (χ0n) is 13.1. The lowest BCUT2D eigenvalue weighted by atomic mass is 10.0. The van der Waals surface area contributed by atoms with Crippen molar-refractivity contribution in [3.63, 3.8) is 0 Å². The van der Waals surface area contributed by atoms with Crippen LogP contribution in [0, 0.1) is 0 Å². The molecule has 0 aromatic heterocycles. The molecule has 1 amide bonds. The molecule has 0 fully saturated rings. The van der Waals surface area contributed by atoms with Crippen LogP contribution in [0.3, 0.4) is 0 Å². The van der Waals surface area contributed by atoms with Gasteiger partial charge in [-0.1, -0.05) is 64.5 Å². The van der Waals surface area contributed by atoms with Crippen LogP contribution in [0.5, 0.6) is 0 Å². The van der Waals surface area contributed by atoms with Crippen molar-refractivity contribution >= 4 is 22.0 Å². The van der Waals surface area contributed by atoms with Crippen molar-refractivity contribution in [2.75, 3.05) is 6.54 Å². The van der Waals surface area contributed by atoms with E-state index in [1.165, 1.54) is 0 Å². The van der Waals surface area contributed by atoms with Gasteiger partial charge >= 0.3 is 6.09 Å². The van der Waals surface area contributed by atoms with Crippen molar-refractivity contribution in [3.8, 4) is 0 Å². The molecule has 2 aromatic rings. The van der Waals surface area contributed by atoms with E-state index < -0.39 is 18.3 Å². The average molecular weight is 394 g/mol. The first kappa shape index (κ1) is 18.4. The molecule has 5 nitrogen and oxygen atoms in total. The van der Waals surface area contributed by atoms with E-state index in [-0.39, 0.29) is 19.6 Å². The van der Waals surface area contributed by atoms with Crippen LogP contribution in [0.2, 0.25) is 0 Å². The molecule has 128 valence electrons. The SMILES string of the molecule is O=C(NCCC(O)C(O)c1ccccc1Br)OCc1ccccc1. The van der Waals surface area contributed by atoms with Gasteiger partial charge in [-0.15, -0.1) is 0 Å². The number of carbonyl (C=O) groups is 1. The number of ether oxygens (including phenoxy) is 1. The van der Waals surface area contributed by atoms with E-state index in [0.29, 0.717) is 5.56 Å². The minimum absolute atomic E-state index is 0.189. The normalized spacial score (nSPS) is 13.1. The van der Waals surface area contributed by atoms with E-state index in [1.54, 1.807) is 18.2 Å². The lowest BCUT2D eigenvalue weighted by molar-refractivity contribution is 0.0132. The summed E-state index contributed by atoms with van der Waals surface area (Å²) < 4.78 is 5.80. The second-order valence-electron chi connectivity index (χ2n) is 5.31. The summed E-state index contributed by atoms with van der Waals surface area (Å²) in [5, 5.41) is 22.8. The molecule has 0 aliphatic carbocycles. The number of nitrogens with one attached hydrogen (secondary N) is 1. The second kappa shape index (κ2) is 9.42. The number of aliphatic hydroxyl groups is 2. The summed E-state index contributed by atoms with van der Waals surface area (Å²) in [5.74, 6) is 0. The van der Waals surface area contributed by atoms with Crippen molar-refractivity contribution in [1.82, 2.24) is 5.32 Å². The molecule has 0 saturated heterocycles. The summed E-state index contributed by atoms with van der Waals surface area (Å²) in [5.41, 5.74) is 1.51. The van der Waals surface area contributed by atoms with Gasteiger partial charge in [-0.3, -0.25) is 0 Å². The Hall–Kier alpha value is -1.89. The zero-order valence-corrected chi connectivity index (χ0v) is 14.6. The predicted octanol–water partition coefficient (Wildman–Crippen LogP) is 3.16. The first-order chi connectivity index (χ1) is 11.6. The summed E-state index contributed by atoms with van der Waals surface area (Å²) in [7, 11) is 0. The van der Waals surface area contributed by atoms with E-state index in [1.807, 2.05) is 36.4 Å². The lowest BCUT2D eigenvalue weighted by Crippen LogP contribution is -2.29. The summed E-state index contributed by atoms with van der Waals surface area (Å²) in [4.78, 5) is 11.6. The largest absolute Gasteiger partial charge is 0.445 e. The number of alkyl carbamates (subject to hydrolysis) is 1. The Morgan fingerprint density at radius 1 is 1.08 bits per heavy atom. The fraction of sp³-hybridized carbons (Fsp3) is 0.278. The smallest absolute Gasteiger partial charge is 0.407 e. The fourth-order valence-corrected chi connectivity index (χ4v) is 2.70. The third-order valence-electron chi connectivity index (χ3n) is 3.51. The van der Waals surface area contributed by atoms with Crippen molar-refractivity contribution in [2.24, 2.45) is 0 Å². The minimum atomic E-state index is -1.03. The third kappa shape index (κ3) is 5.63. The van der Waals surface area contributed by atoms with E-state index in [4.69, 9.17) is 4.74 Å². The van der Waals surface area contributed by atoms with Gasteiger partial charge in [0.2, 0.25) is 0 Å². The summed E-state index contributed by atoms with van der Waals surface area (Å²) in [6.07, 6.45) is -2.36. The van der Waals surface area contributed by atoms with Crippen molar-refractivity contribution < 1.29 is 19.7 Å². The third-order valence-corrected chi connectivity index (χ3v) is 4.23. The number of hydrogen-bond donors (Lipinski definition) is 3. The second-order valence-corrected chi connectivity index (χ2v) is 6.17. The number of carbonyl (C=O) groups excluding carboxylic acids is 1. The highest BCUT2D eigenvalue weighted by Gasteiger charge is 2.20. The Bertz CT molecular complexity index is 650. The van der Waals surface area contributed by atoms with Gasteiger partial charge in [0, 0.05) is 11.0 Å². The lowest BCUT2D eigenvalue weighted by Gasteiger charge is -2.19. The van der Waals surface area contributed by atoms with Gasteiger partial charge in [-0.05, 0) is 23.6 Å². The molecule has 0 saturated carbocycles. The molecule has 3 N–H and O–H groups in total. The number of halogens is 1. The molecular weight excluding hydrogens is 374 g/mol. The molecule has 0 spiro atoms. The van der Waals surface area contributed by atoms with Gasteiger partial charge in [-0.2, -0.15) is 0 Å². The Morgan fingerprint density at radius 2 is 1.75 bits per heavy atom. The Labute approximate surface area is 149 Å². The quantitative estimate of drug-likeness (QED) is 0.674. The van der Waals surface area contributed by atoms with Gasteiger partial charge < -0.3 is 20.3 Å². The number of rotatable bonds is 7. The number of amides is 1. The maximum atomic E-state index is 11.6. The van der Waals surface area contributed by atoms with Crippen LogP contribution >= 0.6 is 15.9 Å². The summed E-state index contributed by atoms with van der Waals surface area (Å²) in [6, 6.07) is 16.5. The molecule has 0 bridgehead atoms. The Balaban J connectivity index is 1.71. The van der Waals surface area contributed by atoms with E-state index in [9.17, 15) is 15.0 Å². The molecular formula is C18H20BrNO4. The molecule has 0 radical (unpaired) electrons. The standard InChI is InChI=1S/C18H20BrNO4/c19-15-9-5-4-8-14(15)17(22)16(21)10-11-20-18(23)24-12-13-6-2-1-3-7-13/h1-9,16-17,21-22H,10-12H2,(H,20,23). The maximum absolute atomic E-state index is 11.6. The molecule has 0 heterocycles. The van der Waals surface area contributed by atoms with Crippen LogP contribution in [0.4, 0.5) is 4.79 Å². The van der Waals surface area contributed by atoms with Gasteiger partial charge in [0.1, 0.15) is 12.7 Å². The molecule has 2 unspecified atom stereocenters. The zero-order chi connectivity index (χ0) is 17.4. The van der Waals surface area contributed by atoms with Crippen LogP contribution in [-0.2, 0) is 11.3 Å². The van der Waals surface area contributed by atoms with Gasteiger partial charge in [0.05, 0.1) is 6.10 Å². The van der Waals surface area contributed by atoms with Crippen molar-refractivity contribution in [3.05, 3.63) is 70.2 Å². The van der Waals surface area contributed by atoms with E-state index in [2.05, 4.69) is 21.2 Å². The maximum Gasteiger partial charge on any atom is 0.407 e. The molecule has 0 aliphatic heterocycles. The van der Waals surface area contributed by atoms with Crippen LogP contribution in [-0.4, -0.2) is 29.0 Å². The fourth-order valence-electron chi connectivity index (χ4n) is 2.18.